The monoisotopic (exact) mass is 419 g/mol. The van der Waals surface area contributed by atoms with Gasteiger partial charge in [0.1, 0.15) is 28.6 Å². The van der Waals surface area contributed by atoms with Crippen LogP contribution in [0.15, 0.2) is 6.33 Å². The van der Waals surface area contributed by atoms with E-state index in [4.69, 9.17) is 15.3 Å². The van der Waals surface area contributed by atoms with Crippen LogP contribution in [0.1, 0.15) is 31.4 Å². The van der Waals surface area contributed by atoms with Crippen molar-refractivity contribution in [3.8, 4) is 0 Å². The molecule has 0 radical (unpaired) electrons. The molecule has 2 aromatic rings. The molecule has 0 aliphatic carbocycles. The number of morpholine rings is 1. The summed E-state index contributed by atoms with van der Waals surface area (Å²) < 4.78 is 16.6. The summed E-state index contributed by atoms with van der Waals surface area (Å²) >= 11 is 0.226. The third kappa shape index (κ3) is 5.04. The molecule has 0 spiro atoms. The number of fused-ring (bicyclic) bond motifs is 1. The molecule has 1 atom stereocenters. The fourth-order valence-electron chi connectivity index (χ4n) is 3.12. The molecule has 0 aromatic carbocycles. The summed E-state index contributed by atoms with van der Waals surface area (Å²) in [6.07, 6.45) is 6.21. The van der Waals surface area contributed by atoms with Crippen molar-refractivity contribution in [3.63, 3.8) is 0 Å². The molecule has 1 saturated heterocycles. The highest BCUT2D eigenvalue weighted by molar-refractivity contribution is 7.94. The quantitative estimate of drug-likeness (QED) is 0.296. The van der Waals surface area contributed by atoms with E-state index in [1.54, 1.807) is 4.90 Å². The lowest BCUT2D eigenvalue weighted by Gasteiger charge is -2.35. The summed E-state index contributed by atoms with van der Waals surface area (Å²) in [6.45, 7) is 4.77. The highest BCUT2D eigenvalue weighted by Crippen LogP contribution is 2.29. The number of hydrogen-bond donors (Lipinski definition) is 3. The van der Waals surface area contributed by atoms with Gasteiger partial charge in [-0.3, -0.25) is 5.41 Å². The molecule has 10 nitrogen and oxygen atoms in total. The first-order chi connectivity index (χ1) is 14.2. The van der Waals surface area contributed by atoms with Crippen molar-refractivity contribution < 1.29 is 14.4 Å². The molecule has 1 fully saturated rings. The van der Waals surface area contributed by atoms with Gasteiger partial charge in [0.25, 0.3) is 0 Å². The zero-order chi connectivity index (χ0) is 20.6. The second kappa shape index (κ2) is 10.5. The van der Waals surface area contributed by atoms with Crippen LogP contribution in [0.5, 0.6) is 0 Å². The van der Waals surface area contributed by atoms with E-state index in [0.717, 1.165) is 37.8 Å². The maximum Gasteiger partial charge on any atom is 0.225 e. The molecule has 3 N–H and O–H groups in total. The minimum absolute atomic E-state index is 0.0277. The van der Waals surface area contributed by atoms with E-state index >= 15 is 0 Å². The molecule has 1 aliphatic rings. The lowest BCUT2D eigenvalue weighted by Crippen LogP contribution is -2.46. The molecule has 0 bridgehead atoms. The number of hydrogen-bond acceptors (Lipinski definition) is 10. The highest BCUT2D eigenvalue weighted by Gasteiger charge is 2.29. The van der Waals surface area contributed by atoms with Crippen molar-refractivity contribution in [3.05, 3.63) is 18.9 Å². The molecular weight excluding hydrogens is 394 g/mol. The van der Waals surface area contributed by atoms with Gasteiger partial charge in [0.2, 0.25) is 5.95 Å². The molecule has 156 valence electrons. The number of nitrogens with zero attached hydrogens (tertiary/aromatic N) is 5. The fraction of sp³-hybridized carbons (Fsp3) is 0.556. The van der Waals surface area contributed by atoms with Crippen LogP contribution < -0.4 is 10.2 Å². The Labute approximate surface area is 173 Å². The second-order valence-corrected chi connectivity index (χ2v) is 7.16. The van der Waals surface area contributed by atoms with E-state index < -0.39 is 5.44 Å². The summed E-state index contributed by atoms with van der Waals surface area (Å²) in [5, 5.41) is 20.5. The number of aryl methyl sites for hydroxylation is 1. The maximum absolute atomic E-state index is 11.3. The van der Waals surface area contributed by atoms with Crippen LogP contribution >= 0.6 is 12.0 Å². The third-order valence-corrected chi connectivity index (χ3v) is 5.07. The van der Waals surface area contributed by atoms with Gasteiger partial charge in [-0.25, -0.2) is 27.0 Å². The van der Waals surface area contributed by atoms with E-state index in [2.05, 4.69) is 32.2 Å². The van der Waals surface area contributed by atoms with Gasteiger partial charge in [-0.1, -0.05) is 0 Å². The lowest BCUT2D eigenvalue weighted by molar-refractivity contribution is 0.140. The SMILES string of the molecule is [CH2+]CCCCCc1ncnc2c(N3CCOC(S[O-])C3=N)nc(NCCO)nc12. The normalized spacial score (nSPS) is 17.1. The minimum atomic E-state index is -0.897. The first kappa shape index (κ1) is 21.5. The summed E-state index contributed by atoms with van der Waals surface area (Å²) in [7, 11) is 0. The number of anilines is 2. The Morgan fingerprint density at radius 2 is 2.17 bits per heavy atom. The predicted octanol–water partition coefficient (Wildman–Crippen LogP) is 1.76. The Morgan fingerprint density at radius 3 is 2.93 bits per heavy atom. The van der Waals surface area contributed by atoms with Gasteiger partial charge in [-0.2, -0.15) is 4.98 Å². The van der Waals surface area contributed by atoms with E-state index in [1.807, 2.05) is 0 Å². The molecule has 1 aliphatic heterocycles. The number of ether oxygens (including phenoxy) is 1. The van der Waals surface area contributed by atoms with Crippen LogP contribution in [-0.4, -0.2) is 67.2 Å². The zero-order valence-corrected chi connectivity index (χ0v) is 17.0. The first-order valence-corrected chi connectivity index (χ1v) is 10.4. The Morgan fingerprint density at radius 1 is 1.31 bits per heavy atom. The number of nitrogens with one attached hydrogen (secondary N) is 2. The fourth-order valence-corrected chi connectivity index (χ4v) is 3.49. The number of aromatic nitrogens is 4. The average molecular weight is 420 g/mol. The summed E-state index contributed by atoms with van der Waals surface area (Å²) in [6, 6.07) is 0. The molecule has 3 heterocycles. The minimum Gasteiger partial charge on any atom is -0.797 e. The van der Waals surface area contributed by atoms with Crippen LogP contribution in [0.25, 0.3) is 11.0 Å². The van der Waals surface area contributed by atoms with Crippen molar-refractivity contribution in [2.45, 2.75) is 37.5 Å². The van der Waals surface area contributed by atoms with Crippen LogP contribution in [0.2, 0.25) is 0 Å². The average Bonchev–Trinajstić information content (AvgIpc) is 2.75. The molecule has 0 saturated carbocycles. The van der Waals surface area contributed by atoms with Crippen molar-refractivity contribution in [2.24, 2.45) is 0 Å². The molecule has 0 amide bonds. The molecule has 1 unspecified atom stereocenters. The van der Waals surface area contributed by atoms with E-state index in [1.165, 1.54) is 6.33 Å². The summed E-state index contributed by atoms with van der Waals surface area (Å²) in [4.78, 5) is 19.5. The van der Waals surface area contributed by atoms with Crippen LogP contribution in [0.3, 0.4) is 0 Å². The van der Waals surface area contributed by atoms with Gasteiger partial charge in [-0.15, -0.1) is 0 Å². The van der Waals surface area contributed by atoms with Gasteiger partial charge in [0, 0.05) is 13.1 Å². The van der Waals surface area contributed by atoms with E-state index in [-0.39, 0.29) is 31.0 Å². The molecule has 29 heavy (non-hydrogen) atoms. The molecule has 3 rings (SSSR count). The zero-order valence-electron chi connectivity index (χ0n) is 16.1. The third-order valence-electron chi connectivity index (χ3n) is 4.54. The van der Waals surface area contributed by atoms with Gasteiger partial charge < -0.3 is 24.6 Å². The molecular formula is C18H25N7O3S. The van der Waals surface area contributed by atoms with Crippen molar-refractivity contribution in [1.82, 2.24) is 19.9 Å². The molecule has 2 aromatic heterocycles. The van der Waals surface area contributed by atoms with Crippen molar-refractivity contribution in [1.29, 1.82) is 5.41 Å². The largest absolute Gasteiger partial charge is 0.797 e. The highest BCUT2D eigenvalue weighted by atomic mass is 32.2. The maximum atomic E-state index is 11.3. The second-order valence-electron chi connectivity index (χ2n) is 6.54. The van der Waals surface area contributed by atoms with Gasteiger partial charge in [0.15, 0.2) is 5.82 Å². The Hall–Kier alpha value is -2.21. The Bertz CT molecular complexity index is 838. The topological polar surface area (TPSA) is 143 Å². The summed E-state index contributed by atoms with van der Waals surface area (Å²) in [5.41, 5.74) is 1.05. The van der Waals surface area contributed by atoms with Gasteiger partial charge in [-0.05, 0) is 25.7 Å². The predicted molar refractivity (Wildman–Crippen MR) is 111 cm³/mol. The van der Waals surface area contributed by atoms with Crippen molar-refractivity contribution in [2.75, 3.05) is 36.5 Å². The number of aliphatic hydroxyl groups is 1. The van der Waals surface area contributed by atoms with Crippen LogP contribution in [0.4, 0.5) is 11.8 Å². The van der Waals surface area contributed by atoms with E-state index in [0.29, 0.717) is 36.0 Å². The molecule has 11 heteroatoms. The number of unbranched alkanes of at least 4 members (excludes halogenated alkanes) is 3. The number of rotatable bonds is 10. The standard InChI is InChI=1S/C18H25N7O3S/c1-2-3-4-5-6-12-13-14(22-11-21-12)16(24-18(23-13)20-7-9-26)25-8-10-28-17(29-27)15(25)19/h11,17,19,26H,1-10H2,(H-,20,23,24,27). The smallest absolute Gasteiger partial charge is 0.225 e. The van der Waals surface area contributed by atoms with Crippen molar-refractivity contribution >= 4 is 40.7 Å². The number of amidine groups is 1. The summed E-state index contributed by atoms with van der Waals surface area (Å²) in [5.74, 6) is 0.783. The number of aliphatic hydroxyl groups excluding tert-OH is 1. The Balaban J connectivity index is 2.01. The van der Waals surface area contributed by atoms with Crippen LogP contribution in [0, 0.1) is 12.3 Å². The van der Waals surface area contributed by atoms with E-state index in [9.17, 15) is 4.55 Å². The van der Waals surface area contributed by atoms with Crippen LogP contribution in [-0.2, 0) is 11.2 Å². The Kier molecular flexibility index (Phi) is 7.81. The van der Waals surface area contributed by atoms with Gasteiger partial charge >= 0.3 is 0 Å². The van der Waals surface area contributed by atoms with Gasteiger partial charge in [0.05, 0.1) is 32.3 Å². The first-order valence-electron chi connectivity index (χ1n) is 9.61. The lowest BCUT2D eigenvalue weighted by atomic mass is 10.1.